The first-order chi connectivity index (χ1) is 13.6. The quantitative estimate of drug-likeness (QED) is 0.803. The van der Waals surface area contributed by atoms with E-state index in [2.05, 4.69) is 10.3 Å². The largest absolute Gasteiger partial charge is 0.327 e. The molecule has 0 aliphatic carbocycles. The highest BCUT2D eigenvalue weighted by Crippen LogP contribution is 2.26. The molecule has 2 aliphatic rings. The van der Waals surface area contributed by atoms with Gasteiger partial charge in [0.15, 0.2) is 5.78 Å². The first-order valence-corrected chi connectivity index (χ1v) is 9.47. The van der Waals surface area contributed by atoms with Crippen molar-refractivity contribution in [2.75, 3.05) is 13.1 Å². The maximum atomic E-state index is 13.2. The highest BCUT2D eigenvalue weighted by Gasteiger charge is 2.47. The zero-order chi connectivity index (χ0) is 19.5. The summed E-state index contributed by atoms with van der Waals surface area (Å²) < 4.78 is 0. The third-order valence-electron chi connectivity index (χ3n) is 5.31. The number of carbonyl (C=O) groups is 3. The standard InChI is InChI=1S/C21H22N4O3/c26-18(16-7-2-1-3-8-16)14-24-17-9-5-11-23-19(17)20(27)25(21(24)28)13-15-6-4-10-22-12-15/h1-4,6-8,10,12,17,19,23H,5,9,11,13-14H2. The van der Waals surface area contributed by atoms with Crippen LogP contribution < -0.4 is 5.32 Å². The van der Waals surface area contributed by atoms with Crippen LogP contribution >= 0.6 is 0 Å². The van der Waals surface area contributed by atoms with Gasteiger partial charge in [0, 0.05) is 18.0 Å². The van der Waals surface area contributed by atoms with E-state index in [9.17, 15) is 14.4 Å². The van der Waals surface area contributed by atoms with Crippen LogP contribution in [-0.4, -0.2) is 57.7 Å². The molecule has 2 saturated heterocycles. The van der Waals surface area contributed by atoms with Crippen LogP contribution in [0.3, 0.4) is 0 Å². The highest BCUT2D eigenvalue weighted by molar-refractivity contribution is 6.04. The molecule has 28 heavy (non-hydrogen) atoms. The lowest BCUT2D eigenvalue weighted by atomic mass is 9.92. The van der Waals surface area contributed by atoms with E-state index < -0.39 is 12.1 Å². The van der Waals surface area contributed by atoms with E-state index >= 15 is 0 Å². The van der Waals surface area contributed by atoms with Crippen LogP contribution in [0.1, 0.15) is 28.8 Å². The smallest absolute Gasteiger partial charge is 0.311 e. The summed E-state index contributed by atoms with van der Waals surface area (Å²) in [6, 6.07) is 11.3. The minimum absolute atomic E-state index is 0.0392. The number of ketones is 1. The van der Waals surface area contributed by atoms with E-state index in [0.29, 0.717) is 12.0 Å². The van der Waals surface area contributed by atoms with Gasteiger partial charge in [0.2, 0.25) is 5.91 Å². The van der Waals surface area contributed by atoms with Gasteiger partial charge >= 0.3 is 6.03 Å². The number of imide groups is 1. The molecule has 7 heteroatoms. The number of rotatable bonds is 5. The number of amides is 3. The van der Waals surface area contributed by atoms with Crippen LogP contribution in [0.2, 0.25) is 0 Å². The fourth-order valence-electron chi connectivity index (χ4n) is 3.89. The van der Waals surface area contributed by atoms with Crippen molar-refractivity contribution in [2.45, 2.75) is 31.5 Å². The Morgan fingerprint density at radius 3 is 2.71 bits per heavy atom. The van der Waals surface area contributed by atoms with Gasteiger partial charge in [0.05, 0.1) is 19.1 Å². The van der Waals surface area contributed by atoms with E-state index in [1.54, 1.807) is 47.6 Å². The molecule has 2 aromatic rings. The van der Waals surface area contributed by atoms with E-state index in [1.807, 2.05) is 12.1 Å². The number of nitrogens with zero attached hydrogens (tertiary/aromatic N) is 3. The van der Waals surface area contributed by atoms with Crippen LogP contribution in [-0.2, 0) is 11.3 Å². The summed E-state index contributed by atoms with van der Waals surface area (Å²) in [4.78, 5) is 45.8. The SMILES string of the molecule is O=C(CN1C(=O)N(Cc2cccnc2)C(=O)C2NCCCC21)c1ccccc1. The van der Waals surface area contributed by atoms with Gasteiger partial charge < -0.3 is 10.2 Å². The zero-order valence-corrected chi connectivity index (χ0v) is 15.5. The van der Waals surface area contributed by atoms with Crippen molar-refractivity contribution >= 4 is 17.7 Å². The van der Waals surface area contributed by atoms with E-state index in [-0.39, 0.29) is 30.8 Å². The topological polar surface area (TPSA) is 82.6 Å². The molecular weight excluding hydrogens is 356 g/mol. The maximum absolute atomic E-state index is 13.2. The minimum Gasteiger partial charge on any atom is -0.311 e. The number of hydrogen-bond acceptors (Lipinski definition) is 5. The van der Waals surface area contributed by atoms with Crippen molar-refractivity contribution < 1.29 is 14.4 Å². The Hall–Kier alpha value is -3.06. The van der Waals surface area contributed by atoms with Gasteiger partial charge in [-0.25, -0.2) is 4.79 Å². The molecule has 1 aromatic carbocycles. The fourth-order valence-corrected chi connectivity index (χ4v) is 3.89. The summed E-state index contributed by atoms with van der Waals surface area (Å²) in [5.41, 5.74) is 1.33. The normalized spacial score (nSPS) is 22.1. The molecule has 0 bridgehead atoms. The number of aromatic nitrogens is 1. The summed E-state index contributed by atoms with van der Waals surface area (Å²) in [7, 11) is 0. The second kappa shape index (κ2) is 7.90. The molecule has 2 fully saturated rings. The van der Waals surface area contributed by atoms with Crippen molar-refractivity contribution in [1.29, 1.82) is 0 Å². The Kier molecular flexibility index (Phi) is 5.16. The first-order valence-electron chi connectivity index (χ1n) is 9.47. The number of carbonyl (C=O) groups excluding carboxylic acids is 3. The molecule has 144 valence electrons. The van der Waals surface area contributed by atoms with Crippen LogP contribution in [0, 0.1) is 0 Å². The second-order valence-corrected chi connectivity index (χ2v) is 7.13. The number of fused-ring (bicyclic) bond motifs is 1. The number of hydrogen-bond donors (Lipinski definition) is 1. The highest BCUT2D eigenvalue weighted by atomic mass is 16.2. The summed E-state index contributed by atoms with van der Waals surface area (Å²) in [6.45, 7) is 0.831. The number of benzene rings is 1. The number of piperidine rings is 1. The molecule has 1 N–H and O–H groups in total. The minimum atomic E-state index is -0.480. The molecule has 2 atom stereocenters. The van der Waals surface area contributed by atoms with Gasteiger partial charge in [-0.1, -0.05) is 36.4 Å². The number of nitrogens with one attached hydrogen (secondary N) is 1. The molecule has 1 aromatic heterocycles. The third-order valence-corrected chi connectivity index (χ3v) is 5.31. The summed E-state index contributed by atoms with van der Waals surface area (Å²) in [6.07, 6.45) is 4.85. The van der Waals surface area contributed by atoms with Crippen molar-refractivity contribution in [1.82, 2.24) is 20.1 Å². The molecule has 0 radical (unpaired) electrons. The molecule has 0 spiro atoms. The molecule has 7 nitrogen and oxygen atoms in total. The monoisotopic (exact) mass is 378 g/mol. The van der Waals surface area contributed by atoms with E-state index in [1.165, 1.54) is 4.90 Å². The average Bonchev–Trinajstić information content (AvgIpc) is 2.75. The lowest BCUT2D eigenvalue weighted by Crippen LogP contribution is -2.69. The average molecular weight is 378 g/mol. The molecular formula is C21H22N4O3. The first kappa shape index (κ1) is 18.3. The molecule has 4 rings (SSSR count). The van der Waals surface area contributed by atoms with Crippen LogP contribution in [0.15, 0.2) is 54.9 Å². The van der Waals surface area contributed by atoms with Gasteiger partial charge in [0.25, 0.3) is 0 Å². The Labute approximate surface area is 163 Å². The number of Topliss-reactive ketones (excluding diaryl/α,β-unsaturated/α-hetero) is 1. The van der Waals surface area contributed by atoms with Gasteiger partial charge in [-0.15, -0.1) is 0 Å². The lowest BCUT2D eigenvalue weighted by molar-refractivity contribution is -0.137. The molecule has 2 aliphatic heterocycles. The molecule has 2 unspecified atom stereocenters. The van der Waals surface area contributed by atoms with Crippen LogP contribution in [0.4, 0.5) is 4.79 Å². The van der Waals surface area contributed by atoms with Gasteiger partial charge in [-0.3, -0.25) is 19.5 Å². The maximum Gasteiger partial charge on any atom is 0.327 e. The Balaban J connectivity index is 1.60. The van der Waals surface area contributed by atoms with E-state index in [4.69, 9.17) is 0 Å². The predicted molar refractivity (Wildman–Crippen MR) is 102 cm³/mol. The summed E-state index contributed by atoms with van der Waals surface area (Å²) >= 11 is 0. The van der Waals surface area contributed by atoms with Crippen LogP contribution in [0.25, 0.3) is 0 Å². The van der Waals surface area contributed by atoms with Crippen molar-refractivity contribution in [3.63, 3.8) is 0 Å². The number of pyridine rings is 1. The van der Waals surface area contributed by atoms with Crippen molar-refractivity contribution in [3.05, 3.63) is 66.0 Å². The Morgan fingerprint density at radius 1 is 1.14 bits per heavy atom. The van der Waals surface area contributed by atoms with Crippen molar-refractivity contribution in [2.24, 2.45) is 0 Å². The van der Waals surface area contributed by atoms with Crippen LogP contribution in [0.5, 0.6) is 0 Å². The zero-order valence-electron chi connectivity index (χ0n) is 15.5. The van der Waals surface area contributed by atoms with Crippen molar-refractivity contribution in [3.8, 4) is 0 Å². The second-order valence-electron chi connectivity index (χ2n) is 7.13. The van der Waals surface area contributed by atoms with Gasteiger partial charge in [-0.2, -0.15) is 0 Å². The van der Waals surface area contributed by atoms with E-state index in [0.717, 1.165) is 18.5 Å². The Bertz CT molecular complexity index is 872. The van der Waals surface area contributed by atoms with Gasteiger partial charge in [0.1, 0.15) is 6.04 Å². The lowest BCUT2D eigenvalue weighted by Gasteiger charge is -2.46. The molecule has 0 saturated carbocycles. The summed E-state index contributed by atoms with van der Waals surface area (Å²) in [5, 5.41) is 3.24. The molecule has 3 heterocycles. The molecule has 3 amide bonds. The summed E-state index contributed by atoms with van der Waals surface area (Å²) in [5.74, 6) is -0.365. The Morgan fingerprint density at radius 2 is 1.96 bits per heavy atom. The van der Waals surface area contributed by atoms with Gasteiger partial charge in [-0.05, 0) is 31.0 Å². The fraction of sp³-hybridized carbons (Fsp3) is 0.333. The predicted octanol–water partition coefficient (Wildman–Crippen LogP) is 1.85. The number of urea groups is 1. The third kappa shape index (κ3) is 3.53.